The van der Waals surface area contributed by atoms with Crippen molar-refractivity contribution in [3.8, 4) is 0 Å². The Morgan fingerprint density at radius 1 is 1.26 bits per heavy atom. The van der Waals surface area contributed by atoms with Gasteiger partial charge in [-0.05, 0) is 30.0 Å². The minimum Gasteiger partial charge on any atom is -0.350 e. The minimum absolute atomic E-state index is 0.00696. The van der Waals surface area contributed by atoms with Crippen molar-refractivity contribution in [2.75, 3.05) is 6.54 Å². The molecule has 0 saturated carbocycles. The van der Waals surface area contributed by atoms with Gasteiger partial charge in [-0.3, -0.25) is 14.3 Å². The molecule has 4 rings (SSSR count). The lowest BCUT2D eigenvalue weighted by molar-refractivity contribution is -0.136. The highest BCUT2D eigenvalue weighted by Crippen LogP contribution is 2.32. The largest absolute Gasteiger partial charge is 0.350 e. The molecule has 6 heteroatoms. The molecule has 0 saturated heterocycles. The first-order valence-electron chi connectivity index (χ1n) is 9.73. The number of rotatable bonds is 4. The van der Waals surface area contributed by atoms with Crippen molar-refractivity contribution in [3.05, 3.63) is 52.8 Å². The maximum Gasteiger partial charge on any atom is 0.227 e. The van der Waals surface area contributed by atoms with E-state index in [-0.39, 0.29) is 23.7 Å². The molecule has 2 aromatic rings. The number of amides is 2. The van der Waals surface area contributed by atoms with Crippen LogP contribution in [0.15, 0.2) is 30.3 Å². The molecule has 1 atom stereocenters. The fourth-order valence-electron chi connectivity index (χ4n) is 4.10. The van der Waals surface area contributed by atoms with Gasteiger partial charge in [0.15, 0.2) is 0 Å². The summed E-state index contributed by atoms with van der Waals surface area (Å²) < 4.78 is 1.95. The van der Waals surface area contributed by atoms with E-state index in [1.54, 1.807) is 0 Å². The Morgan fingerprint density at radius 3 is 2.89 bits per heavy atom. The minimum atomic E-state index is -0.0578. The average Bonchev–Trinajstić information content (AvgIpc) is 3.28. The molecule has 0 spiro atoms. The predicted octanol–water partition coefficient (Wildman–Crippen LogP) is 2.23. The van der Waals surface area contributed by atoms with Crippen molar-refractivity contribution in [1.82, 2.24) is 20.0 Å². The highest BCUT2D eigenvalue weighted by Gasteiger charge is 2.28. The summed E-state index contributed by atoms with van der Waals surface area (Å²) in [7, 11) is 0. The van der Waals surface area contributed by atoms with Gasteiger partial charge in [0.05, 0.1) is 36.9 Å². The topological polar surface area (TPSA) is 67.2 Å². The van der Waals surface area contributed by atoms with E-state index in [1.807, 2.05) is 41.6 Å². The van der Waals surface area contributed by atoms with E-state index in [0.717, 1.165) is 29.8 Å². The number of nitrogens with one attached hydrogen (secondary N) is 1. The van der Waals surface area contributed by atoms with E-state index in [4.69, 9.17) is 0 Å². The molecule has 0 radical (unpaired) electrons. The smallest absolute Gasteiger partial charge is 0.227 e. The van der Waals surface area contributed by atoms with Crippen LogP contribution in [0.25, 0.3) is 0 Å². The normalized spacial score (nSPS) is 18.3. The standard InChI is InChI=1S/C21H26N4O2/c1-14(2)21(27)24-9-10-25-17(13-24)11-16(23-25)12-22-20(26)19-8-7-15-5-3-4-6-18(15)19/h3-6,11,14,19H,7-10,12-13H2,1-2H3,(H,22,26). The molecule has 1 aliphatic heterocycles. The predicted molar refractivity (Wildman–Crippen MR) is 102 cm³/mol. The summed E-state index contributed by atoms with van der Waals surface area (Å²) in [4.78, 5) is 26.7. The van der Waals surface area contributed by atoms with Crippen molar-refractivity contribution in [3.63, 3.8) is 0 Å². The number of aromatic nitrogens is 2. The van der Waals surface area contributed by atoms with Crippen molar-refractivity contribution in [2.45, 2.75) is 52.2 Å². The maximum absolute atomic E-state index is 12.6. The van der Waals surface area contributed by atoms with Crippen LogP contribution >= 0.6 is 0 Å². The zero-order chi connectivity index (χ0) is 19.0. The van der Waals surface area contributed by atoms with Crippen LogP contribution in [0.3, 0.4) is 0 Å². The number of carbonyl (C=O) groups excluding carboxylic acids is 2. The van der Waals surface area contributed by atoms with Crippen LogP contribution < -0.4 is 5.32 Å². The zero-order valence-electron chi connectivity index (χ0n) is 15.9. The maximum atomic E-state index is 12.6. The molecule has 142 valence electrons. The molecule has 6 nitrogen and oxygen atoms in total. The van der Waals surface area contributed by atoms with Gasteiger partial charge in [0, 0.05) is 12.5 Å². The monoisotopic (exact) mass is 366 g/mol. The molecule has 27 heavy (non-hydrogen) atoms. The fourth-order valence-corrected chi connectivity index (χ4v) is 4.10. The Labute approximate surface area is 159 Å². The Balaban J connectivity index is 1.38. The van der Waals surface area contributed by atoms with E-state index in [9.17, 15) is 9.59 Å². The second-order valence-electron chi connectivity index (χ2n) is 7.77. The fraction of sp³-hybridized carbons (Fsp3) is 0.476. The zero-order valence-corrected chi connectivity index (χ0v) is 15.9. The quantitative estimate of drug-likeness (QED) is 0.902. The van der Waals surface area contributed by atoms with Gasteiger partial charge in [0.25, 0.3) is 0 Å². The summed E-state index contributed by atoms with van der Waals surface area (Å²) in [6, 6.07) is 10.2. The van der Waals surface area contributed by atoms with Gasteiger partial charge >= 0.3 is 0 Å². The molecular formula is C21H26N4O2. The molecular weight excluding hydrogens is 340 g/mol. The SMILES string of the molecule is CC(C)C(=O)N1CCn2nc(CNC(=O)C3CCc4ccccc43)cc2C1. The van der Waals surface area contributed by atoms with Crippen LogP contribution in [0.2, 0.25) is 0 Å². The molecule has 1 aliphatic carbocycles. The number of fused-ring (bicyclic) bond motifs is 2. The van der Waals surface area contributed by atoms with E-state index in [2.05, 4.69) is 22.5 Å². The molecule has 1 aromatic heterocycles. The first kappa shape index (κ1) is 17.8. The third kappa shape index (κ3) is 3.48. The molecule has 0 fully saturated rings. The third-order valence-electron chi connectivity index (χ3n) is 5.55. The molecule has 1 unspecified atom stereocenters. The Morgan fingerprint density at radius 2 is 2.07 bits per heavy atom. The van der Waals surface area contributed by atoms with Gasteiger partial charge in [-0.2, -0.15) is 5.10 Å². The van der Waals surface area contributed by atoms with Crippen LogP contribution in [0.5, 0.6) is 0 Å². The molecule has 0 bridgehead atoms. The first-order chi connectivity index (χ1) is 13.0. The summed E-state index contributed by atoms with van der Waals surface area (Å²) >= 11 is 0. The van der Waals surface area contributed by atoms with Gasteiger partial charge in [-0.15, -0.1) is 0 Å². The summed E-state index contributed by atoms with van der Waals surface area (Å²) in [5.41, 5.74) is 4.32. The van der Waals surface area contributed by atoms with Crippen LogP contribution in [0, 0.1) is 5.92 Å². The second kappa shape index (κ2) is 7.18. The number of nitrogens with zero attached hydrogens (tertiary/aromatic N) is 3. The molecule has 2 aliphatic rings. The summed E-state index contributed by atoms with van der Waals surface area (Å²) in [5.74, 6) is 0.199. The summed E-state index contributed by atoms with van der Waals surface area (Å²) in [5, 5.41) is 7.64. The van der Waals surface area contributed by atoms with Crippen molar-refractivity contribution in [1.29, 1.82) is 0 Å². The number of benzene rings is 1. The van der Waals surface area contributed by atoms with E-state index in [0.29, 0.717) is 26.2 Å². The van der Waals surface area contributed by atoms with Gasteiger partial charge in [0.1, 0.15) is 0 Å². The number of hydrogen-bond acceptors (Lipinski definition) is 3. The van der Waals surface area contributed by atoms with Crippen molar-refractivity contribution in [2.24, 2.45) is 5.92 Å². The number of carbonyl (C=O) groups is 2. The van der Waals surface area contributed by atoms with Gasteiger partial charge in [0.2, 0.25) is 11.8 Å². The van der Waals surface area contributed by atoms with Crippen LogP contribution in [-0.2, 0) is 35.6 Å². The highest BCUT2D eigenvalue weighted by atomic mass is 16.2. The van der Waals surface area contributed by atoms with Gasteiger partial charge in [-0.25, -0.2) is 0 Å². The summed E-state index contributed by atoms with van der Waals surface area (Å²) in [6.45, 7) is 6.27. The lowest BCUT2D eigenvalue weighted by atomic mass is 10.0. The second-order valence-corrected chi connectivity index (χ2v) is 7.77. The van der Waals surface area contributed by atoms with Crippen molar-refractivity contribution < 1.29 is 9.59 Å². The van der Waals surface area contributed by atoms with E-state index < -0.39 is 0 Å². The van der Waals surface area contributed by atoms with Crippen LogP contribution in [0.1, 0.15) is 48.7 Å². The number of hydrogen-bond donors (Lipinski definition) is 1. The molecule has 1 aromatic carbocycles. The average molecular weight is 366 g/mol. The molecule has 1 N–H and O–H groups in total. The van der Waals surface area contributed by atoms with Gasteiger partial charge in [-0.1, -0.05) is 38.1 Å². The first-order valence-corrected chi connectivity index (χ1v) is 9.73. The van der Waals surface area contributed by atoms with Crippen LogP contribution in [-0.4, -0.2) is 33.0 Å². The molecule has 2 amide bonds. The van der Waals surface area contributed by atoms with Crippen molar-refractivity contribution >= 4 is 11.8 Å². The lowest BCUT2D eigenvalue weighted by Crippen LogP contribution is -2.40. The Hall–Kier alpha value is -2.63. The van der Waals surface area contributed by atoms with Gasteiger partial charge < -0.3 is 10.2 Å². The Bertz CT molecular complexity index is 871. The number of aryl methyl sites for hydroxylation is 1. The molecule has 2 heterocycles. The third-order valence-corrected chi connectivity index (χ3v) is 5.55. The highest BCUT2D eigenvalue weighted by molar-refractivity contribution is 5.84. The van der Waals surface area contributed by atoms with Crippen LogP contribution in [0.4, 0.5) is 0 Å². The summed E-state index contributed by atoms with van der Waals surface area (Å²) in [6.07, 6.45) is 1.84. The Kier molecular flexibility index (Phi) is 4.72. The van der Waals surface area contributed by atoms with E-state index >= 15 is 0 Å². The van der Waals surface area contributed by atoms with E-state index in [1.165, 1.54) is 5.56 Å². The lowest BCUT2D eigenvalue weighted by Gasteiger charge is -2.29.